The zero-order valence-corrected chi connectivity index (χ0v) is 23.3. The number of unbranched alkanes of at least 4 members (excludes halogenated alkanes) is 13. The van der Waals surface area contributed by atoms with Crippen LogP contribution in [0.3, 0.4) is 0 Å². The summed E-state index contributed by atoms with van der Waals surface area (Å²) in [6.45, 7) is 9.29. The second-order valence-electron chi connectivity index (χ2n) is 10.8. The standard InChI is InChI=1S/C30H58O4/c1-5-7-21-27(6-2)25-34-30(33)23-20-18-16-14-12-10-8-9-11-13-15-17-19-22-28(26(3)4)24-29(31)32/h26-28H,5-25H2,1-4H3,(H,31,32). The van der Waals surface area contributed by atoms with Gasteiger partial charge in [-0.3, -0.25) is 9.59 Å². The first-order valence-corrected chi connectivity index (χ1v) is 14.8. The van der Waals surface area contributed by atoms with Gasteiger partial charge in [-0.1, -0.05) is 124 Å². The normalized spacial score (nSPS) is 13.2. The lowest BCUT2D eigenvalue weighted by atomic mass is 9.87. The quantitative estimate of drug-likeness (QED) is 0.104. The molecule has 0 aromatic carbocycles. The summed E-state index contributed by atoms with van der Waals surface area (Å²) in [4.78, 5) is 22.9. The molecule has 0 heterocycles. The van der Waals surface area contributed by atoms with E-state index in [1.54, 1.807) is 0 Å². The van der Waals surface area contributed by atoms with Crippen LogP contribution in [0.4, 0.5) is 0 Å². The van der Waals surface area contributed by atoms with Crippen molar-refractivity contribution < 1.29 is 19.4 Å². The van der Waals surface area contributed by atoms with E-state index < -0.39 is 5.97 Å². The molecule has 0 bridgehead atoms. The van der Waals surface area contributed by atoms with Gasteiger partial charge in [0, 0.05) is 12.8 Å². The number of carbonyl (C=O) groups is 2. The second-order valence-corrected chi connectivity index (χ2v) is 10.8. The van der Waals surface area contributed by atoms with Crippen LogP contribution >= 0.6 is 0 Å². The maximum atomic E-state index is 11.9. The van der Waals surface area contributed by atoms with Gasteiger partial charge < -0.3 is 9.84 Å². The van der Waals surface area contributed by atoms with E-state index in [1.165, 1.54) is 89.9 Å². The SMILES string of the molecule is CCCCC(CC)COC(=O)CCCCCCCCCCCCCCCC(CC(=O)O)C(C)C. The highest BCUT2D eigenvalue weighted by Crippen LogP contribution is 2.23. The Bertz CT molecular complexity index is 474. The fourth-order valence-corrected chi connectivity index (χ4v) is 4.70. The summed E-state index contributed by atoms with van der Waals surface area (Å²) >= 11 is 0. The van der Waals surface area contributed by atoms with E-state index in [0.29, 0.717) is 37.2 Å². The summed E-state index contributed by atoms with van der Waals surface area (Å²) < 4.78 is 5.48. The van der Waals surface area contributed by atoms with E-state index in [0.717, 1.165) is 25.7 Å². The molecular weight excluding hydrogens is 424 g/mol. The highest BCUT2D eigenvalue weighted by Gasteiger charge is 2.16. The molecule has 34 heavy (non-hydrogen) atoms. The third-order valence-electron chi connectivity index (χ3n) is 7.36. The van der Waals surface area contributed by atoms with Crippen molar-refractivity contribution in [2.24, 2.45) is 17.8 Å². The topological polar surface area (TPSA) is 63.6 Å². The number of carboxylic acids is 1. The van der Waals surface area contributed by atoms with Crippen LogP contribution in [-0.4, -0.2) is 23.7 Å². The van der Waals surface area contributed by atoms with Crippen molar-refractivity contribution in [2.45, 2.75) is 156 Å². The Kier molecular flexibility index (Phi) is 22.9. The molecule has 2 unspecified atom stereocenters. The minimum atomic E-state index is -0.656. The minimum Gasteiger partial charge on any atom is -0.481 e. The summed E-state index contributed by atoms with van der Waals surface area (Å²) in [5.41, 5.74) is 0. The van der Waals surface area contributed by atoms with Crippen LogP contribution in [0.25, 0.3) is 0 Å². The van der Waals surface area contributed by atoms with Crippen molar-refractivity contribution in [3.8, 4) is 0 Å². The number of rotatable bonds is 25. The van der Waals surface area contributed by atoms with Crippen molar-refractivity contribution in [3.05, 3.63) is 0 Å². The lowest BCUT2D eigenvalue weighted by molar-refractivity contribution is -0.145. The molecule has 0 aromatic heterocycles. The molecule has 0 saturated heterocycles. The number of aliphatic carboxylic acids is 1. The highest BCUT2D eigenvalue weighted by atomic mass is 16.5. The van der Waals surface area contributed by atoms with Gasteiger partial charge >= 0.3 is 11.9 Å². The van der Waals surface area contributed by atoms with E-state index in [1.807, 2.05) is 0 Å². The second kappa shape index (κ2) is 23.7. The average Bonchev–Trinajstić information content (AvgIpc) is 2.80. The fourth-order valence-electron chi connectivity index (χ4n) is 4.70. The zero-order valence-electron chi connectivity index (χ0n) is 23.3. The Morgan fingerprint density at radius 2 is 1.21 bits per heavy atom. The van der Waals surface area contributed by atoms with Gasteiger partial charge in [-0.25, -0.2) is 0 Å². The number of ether oxygens (including phenoxy) is 1. The number of hydrogen-bond acceptors (Lipinski definition) is 3. The molecule has 0 aliphatic rings. The van der Waals surface area contributed by atoms with E-state index in [-0.39, 0.29) is 5.97 Å². The average molecular weight is 483 g/mol. The third kappa shape index (κ3) is 21.5. The molecular formula is C30H58O4. The fraction of sp³-hybridized carbons (Fsp3) is 0.933. The van der Waals surface area contributed by atoms with Crippen molar-refractivity contribution in [3.63, 3.8) is 0 Å². The van der Waals surface area contributed by atoms with E-state index in [9.17, 15) is 9.59 Å². The molecule has 0 fully saturated rings. The summed E-state index contributed by atoms with van der Waals surface area (Å²) in [5.74, 6) is 0.676. The lowest BCUT2D eigenvalue weighted by Crippen LogP contribution is -2.13. The van der Waals surface area contributed by atoms with Gasteiger partial charge in [0.05, 0.1) is 6.61 Å². The van der Waals surface area contributed by atoms with Gasteiger partial charge in [-0.15, -0.1) is 0 Å². The van der Waals surface area contributed by atoms with Crippen LogP contribution in [-0.2, 0) is 14.3 Å². The Morgan fingerprint density at radius 3 is 1.65 bits per heavy atom. The van der Waals surface area contributed by atoms with Gasteiger partial charge in [-0.05, 0) is 37.0 Å². The molecule has 0 aliphatic heterocycles. The summed E-state index contributed by atoms with van der Waals surface area (Å²) in [7, 11) is 0. The Balaban J connectivity index is 3.40. The number of carbonyl (C=O) groups excluding carboxylic acids is 1. The molecule has 0 amide bonds. The highest BCUT2D eigenvalue weighted by molar-refractivity contribution is 5.69. The first kappa shape index (κ1) is 32.9. The van der Waals surface area contributed by atoms with Crippen LogP contribution in [0.5, 0.6) is 0 Å². The molecule has 0 aromatic rings. The predicted octanol–water partition coefficient (Wildman–Crippen LogP) is 9.34. The molecule has 0 aliphatic carbocycles. The summed E-state index contributed by atoms with van der Waals surface area (Å²) in [6.07, 6.45) is 23.0. The summed E-state index contributed by atoms with van der Waals surface area (Å²) in [5, 5.41) is 9.01. The van der Waals surface area contributed by atoms with Crippen molar-refractivity contribution in [2.75, 3.05) is 6.61 Å². The number of hydrogen-bond donors (Lipinski definition) is 1. The Hall–Kier alpha value is -1.06. The van der Waals surface area contributed by atoms with Crippen molar-refractivity contribution >= 4 is 11.9 Å². The van der Waals surface area contributed by atoms with Gasteiger partial charge in [0.1, 0.15) is 0 Å². The lowest BCUT2D eigenvalue weighted by Gasteiger charge is -2.18. The predicted molar refractivity (Wildman–Crippen MR) is 144 cm³/mol. The van der Waals surface area contributed by atoms with Gasteiger partial charge in [0.2, 0.25) is 0 Å². The number of esters is 1. The van der Waals surface area contributed by atoms with Crippen molar-refractivity contribution in [1.82, 2.24) is 0 Å². The molecule has 0 rings (SSSR count). The Labute approximate surface area is 212 Å². The number of carboxylic acid groups (broad SMARTS) is 1. The summed E-state index contributed by atoms with van der Waals surface area (Å²) in [6, 6.07) is 0. The van der Waals surface area contributed by atoms with Gasteiger partial charge in [0.15, 0.2) is 0 Å². The van der Waals surface area contributed by atoms with Crippen molar-refractivity contribution in [1.29, 1.82) is 0 Å². The van der Waals surface area contributed by atoms with E-state index in [2.05, 4.69) is 27.7 Å². The Morgan fingerprint density at radius 1 is 0.706 bits per heavy atom. The maximum absolute atomic E-state index is 11.9. The third-order valence-corrected chi connectivity index (χ3v) is 7.36. The van der Waals surface area contributed by atoms with Crippen LogP contribution in [0.15, 0.2) is 0 Å². The molecule has 4 heteroatoms. The molecule has 0 saturated carbocycles. The molecule has 1 N–H and O–H groups in total. The zero-order chi connectivity index (χ0) is 25.4. The van der Waals surface area contributed by atoms with E-state index >= 15 is 0 Å². The minimum absolute atomic E-state index is 0.00468. The first-order valence-electron chi connectivity index (χ1n) is 14.8. The van der Waals surface area contributed by atoms with E-state index in [4.69, 9.17) is 9.84 Å². The molecule has 2 atom stereocenters. The van der Waals surface area contributed by atoms with Crippen LogP contribution in [0.1, 0.15) is 156 Å². The van der Waals surface area contributed by atoms with Crippen LogP contribution in [0.2, 0.25) is 0 Å². The van der Waals surface area contributed by atoms with Gasteiger partial charge in [-0.2, -0.15) is 0 Å². The largest absolute Gasteiger partial charge is 0.481 e. The molecule has 0 spiro atoms. The smallest absolute Gasteiger partial charge is 0.305 e. The maximum Gasteiger partial charge on any atom is 0.305 e. The van der Waals surface area contributed by atoms with Gasteiger partial charge in [0.25, 0.3) is 0 Å². The monoisotopic (exact) mass is 482 g/mol. The molecule has 4 nitrogen and oxygen atoms in total. The van der Waals surface area contributed by atoms with Crippen LogP contribution in [0, 0.1) is 17.8 Å². The first-order chi connectivity index (χ1) is 16.4. The molecule has 0 radical (unpaired) electrons. The molecule has 202 valence electrons. The van der Waals surface area contributed by atoms with Crippen LogP contribution < -0.4 is 0 Å².